The number of halogens is 1. The molecule has 3 rings (SSSR count). The Balaban J connectivity index is 1.75. The molecule has 6 nitrogen and oxygen atoms in total. The van der Waals surface area contributed by atoms with Crippen molar-refractivity contribution in [2.45, 2.75) is 6.92 Å². The minimum Gasteiger partial charge on any atom is -0.495 e. The van der Waals surface area contributed by atoms with Gasteiger partial charge in [0.05, 0.1) is 35.3 Å². The zero-order chi connectivity index (χ0) is 23.8. The standard InChI is InChI=1S/C26H24ClN5O/c1-17-13-24(25(33-3)14-21(17)19-9-5-4-6-10-19)31-18(2)30-16-22(27)26(29)32-23-12-8-7-11-20(23)15-28/h4-14,16,31-32H,2,29H2,1,3H3/b26-22-,30-16-. The summed E-state index contributed by atoms with van der Waals surface area (Å²) in [6, 6.07) is 23.1. The summed E-state index contributed by atoms with van der Waals surface area (Å²) >= 11 is 6.26. The molecule has 0 bridgehead atoms. The number of methoxy groups -OCH3 is 1. The van der Waals surface area contributed by atoms with E-state index >= 15 is 0 Å². The zero-order valence-electron chi connectivity index (χ0n) is 18.4. The van der Waals surface area contributed by atoms with Crippen LogP contribution in [0.3, 0.4) is 0 Å². The van der Waals surface area contributed by atoms with Crippen molar-refractivity contribution in [3.05, 3.63) is 101 Å². The molecule has 0 heterocycles. The highest BCUT2D eigenvalue weighted by molar-refractivity contribution is 6.39. The van der Waals surface area contributed by atoms with Crippen LogP contribution < -0.4 is 21.1 Å². The van der Waals surface area contributed by atoms with Gasteiger partial charge in [0.2, 0.25) is 0 Å². The lowest BCUT2D eigenvalue weighted by molar-refractivity contribution is 0.417. The van der Waals surface area contributed by atoms with E-state index in [1.165, 1.54) is 6.21 Å². The molecular weight excluding hydrogens is 434 g/mol. The number of allylic oxidation sites excluding steroid dienone is 1. The van der Waals surface area contributed by atoms with Gasteiger partial charge in [0.1, 0.15) is 23.5 Å². The highest BCUT2D eigenvalue weighted by Gasteiger charge is 2.10. The third-order valence-corrected chi connectivity index (χ3v) is 5.12. The SMILES string of the molecule is C=C(/N=C\C(Cl)=C(/N)Nc1ccccc1C#N)Nc1cc(C)c(-c2ccccc2)cc1OC. The fraction of sp³-hybridized carbons (Fsp3) is 0.0769. The van der Waals surface area contributed by atoms with E-state index < -0.39 is 0 Å². The van der Waals surface area contributed by atoms with Gasteiger partial charge in [0, 0.05) is 0 Å². The number of nitriles is 1. The smallest absolute Gasteiger partial charge is 0.142 e. The number of anilines is 2. The molecule has 0 saturated heterocycles. The van der Waals surface area contributed by atoms with Crippen molar-refractivity contribution in [1.82, 2.24) is 0 Å². The summed E-state index contributed by atoms with van der Waals surface area (Å²) in [6.07, 6.45) is 1.38. The van der Waals surface area contributed by atoms with E-state index in [0.717, 1.165) is 22.4 Å². The summed E-state index contributed by atoms with van der Waals surface area (Å²) in [6.45, 7) is 5.96. The molecule has 0 fully saturated rings. The predicted octanol–water partition coefficient (Wildman–Crippen LogP) is 5.97. The maximum Gasteiger partial charge on any atom is 0.142 e. The van der Waals surface area contributed by atoms with Crippen molar-refractivity contribution in [2.75, 3.05) is 17.7 Å². The lowest BCUT2D eigenvalue weighted by Crippen LogP contribution is -2.12. The van der Waals surface area contributed by atoms with Gasteiger partial charge >= 0.3 is 0 Å². The van der Waals surface area contributed by atoms with E-state index in [1.54, 1.807) is 31.4 Å². The van der Waals surface area contributed by atoms with Crippen molar-refractivity contribution in [2.24, 2.45) is 10.7 Å². The summed E-state index contributed by atoms with van der Waals surface area (Å²) < 4.78 is 5.57. The molecule has 4 N–H and O–H groups in total. The average molecular weight is 458 g/mol. The van der Waals surface area contributed by atoms with Gasteiger partial charge in [-0.3, -0.25) is 0 Å². The number of rotatable bonds is 8. The maximum absolute atomic E-state index is 9.19. The Bertz CT molecular complexity index is 1260. The molecule has 0 aromatic heterocycles. The number of hydrogen-bond donors (Lipinski definition) is 3. The topological polar surface area (TPSA) is 95.5 Å². The summed E-state index contributed by atoms with van der Waals surface area (Å²) in [7, 11) is 1.61. The number of aliphatic imine (C=N–C) groups is 1. The number of nitrogens with zero attached hydrogens (tertiary/aromatic N) is 2. The van der Waals surface area contributed by atoms with Crippen molar-refractivity contribution < 1.29 is 4.74 Å². The molecular formula is C26H24ClN5O. The van der Waals surface area contributed by atoms with Gasteiger partial charge in [0.15, 0.2) is 0 Å². The van der Waals surface area contributed by atoms with Gasteiger partial charge < -0.3 is 21.1 Å². The average Bonchev–Trinajstić information content (AvgIpc) is 2.83. The van der Waals surface area contributed by atoms with Crippen LogP contribution in [0.25, 0.3) is 11.1 Å². The first-order chi connectivity index (χ1) is 15.9. The minimum atomic E-state index is 0.163. The molecule has 0 amide bonds. The van der Waals surface area contributed by atoms with E-state index in [9.17, 15) is 5.26 Å². The number of benzene rings is 3. The van der Waals surface area contributed by atoms with Crippen LogP contribution in [0.1, 0.15) is 11.1 Å². The quantitative estimate of drug-likeness (QED) is 0.362. The maximum atomic E-state index is 9.19. The van der Waals surface area contributed by atoms with E-state index in [1.807, 2.05) is 37.3 Å². The van der Waals surface area contributed by atoms with Gasteiger partial charge in [-0.1, -0.05) is 60.6 Å². The molecule has 0 unspecified atom stereocenters. The van der Waals surface area contributed by atoms with E-state index in [-0.39, 0.29) is 10.9 Å². The summed E-state index contributed by atoms with van der Waals surface area (Å²) in [4.78, 5) is 4.25. The van der Waals surface area contributed by atoms with Crippen LogP contribution in [0.5, 0.6) is 5.75 Å². The van der Waals surface area contributed by atoms with Gasteiger partial charge in [-0.15, -0.1) is 0 Å². The van der Waals surface area contributed by atoms with Crippen LogP contribution in [-0.4, -0.2) is 13.3 Å². The number of nitrogens with two attached hydrogens (primary N) is 1. The molecule has 166 valence electrons. The molecule has 0 saturated carbocycles. The molecule has 33 heavy (non-hydrogen) atoms. The number of para-hydroxylation sites is 1. The molecule has 0 radical (unpaired) electrons. The van der Waals surface area contributed by atoms with Crippen molar-refractivity contribution in [3.8, 4) is 22.9 Å². The molecule has 0 aliphatic heterocycles. The van der Waals surface area contributed by atoms with Crippen LogP contribution in [-0.2, 0) is 0 Å². The predicted molar refractivity (Wildman–Crippen MR) is 136 cm³/mol. The number of hydrogen-bond acceptors (Lipinski definition) is 6. The normalized spacial score (nSPS) is 11.5. The van der Waals surface area contributed by atoms with Crippen molar-refractivity contribution in [1.29, 1.82) is 5.26 Å². The first kappa shape index (κ1) is 23.5. The molecule has 0 aliphatic carbocycles. The molecule has 3 aromatic rings. The van der Waals surface area contributed by atoms with Crippen LogP contribution in [0, 0.1) is 18.3 Å². The number of aryl methyl sites for hydroxylation is 1. The van der Waals surface area contributed by atoms with Gasteiger partial charge in [-0.05, 0) is 47.9 Å². The Morgan fingerprint density at radius 1 is 1.09 bits per heavy atom. The summed E-state index contributed by atoms with van der Waals surface area (Å²) in [5, 5.41) is 15.4. The van der Waals surface area contributed by atoms with Crippen LogP contribution >= 0.6 is 11.6 Å². The van der Waals surface area contributed by atoms with Crippen molar-refractivity contribution >= 4 is 29.2 Å². The highest BCUT2D eigenvalue weighted by Crippen LogP contribution is 2.34. The van der Waals surface area contributed by atoms with E-state index in [2.05, 4.69) is 40.4 Å². The number of ether oxygens (including phenoxy) is 1. The second kappa shape index (κ2) is 10.9. The Labute approximate surface area is 198 Å². The van der Waals surface area contributed by atoms with Crippen molar-refractivity contribution in [3.63, 3.8) is 0 Å². The Morgan fingerprint density at radius 3 is 2.48 bits per heavy atom. The summed E-state index contributed by atoms with van der Waals surface area (Å²) in [5.74, 6) is 1.17. The third-order valence-electron chi connectivity index (χ3n) is 4.82. The van der Waals surface area contributed by atoms with Gasteiger partial charge in [-0.25, -0.2) is 4.99 Å². The van der Waals surface area contributed by atoms with Gasteiger partial charge in [-0.2, -0.15) is 5.26 Å². The second-order valence-electron chi connectivity index (χ2n) is 7.11. The molecule has 0 spiro atoms. The Kier molecular flexibility index (Phi) is 7.74. The second-order valence-corrected chi connectivity index (χ2v) is 7.51. The molecule has 3 aromatic carbocycles. The largest absolute Gasteiger partial charge is 0.495 e. The molecule has 0 atom stereocenters. The van der Waals surface area contributed by atoms with Gasteiger partial charge in [0.25, 0.3) is 0 Å². The number of nitrogens with one attached hydrogen (secondary N) is 2. The zero-order valence-corrected chi connectivity index (χ0v) is 19.1. The Hall–Kier alpha value is -4.21. The first-order valence-electron chi connectivity index (χ1n) is 10.1. The minimum absolute atomic E-state index is 0.163. The fourth-order valence-electron chi connectivity index (χ4n) is 3.17. The Morgan fingerprint density at radius 2 is 1.79 bits per heavy atom. The monoisotopic (exact) mass is 457 g/mol. The van der Waals surface area contributed by atoms with E-state index in [0.29, 0.717) is 22.8 Å². The lowest BCUT2D eigenvalue weighted by Gasteiger charge is -2.15. The van der Waals surface area contributed by atoms with E-state index in [4.69, 9.17) is 22.1 Å². The lowest BCUT2D eigenvalue weighted by atomic mass is 9.99. The first-order valence-corrected chi connectivity index (χ1v) is 10.5. The van der Waals surface area contributed by atoms with Crippen LogP contribution in [0.15, 0.2) is 95.0 Å². The molecule has 0 aliphatic rings. The third kappa shape index (κ3) is 5.94. The van der Waals surface area contributed by atoms with Crippen LogP contribution in [0.2, 0.25) is 0 Å². The van der Waals surface area contributed by atoms with Crippen LogP contribution in [0.4, 0.5) is 11.4 Å². The molecule has 7 heteroatoms. The fourth-order valence-corrected chi connectivity index (χ4v) is 3.27. The summed E-state index contributed by atoms with van der Waals surface area (Å²) in [5.41, 5.74) is 11.0. The highest BCUT2D eigenvalue weighted by atomic mass is 35.5.